The summed E-state index contributed by atoms with van der Waals surface area (Å²) in [6, 6.07) is 0. The molecule has 0 aliphatic carbocycles. The monoisotopic (exact) mass is 150 g/mol. The van der Waals surface area contributed by atoms with Crippen LogP contribution < -0.4 is 11.1 Å². The van der Waals surface area contributed by atoms with E-state index in [1.165, 1.54) is 0 Å². The van der Waals surface area contributed by atoms with Crippen LogP contribution in [0.5, 0.6) is 0 Å². The molecule has 1 aliphatic heterocycles. The van der Waals surface area contributed by atoms with Crippen molar-refractivity contribution in [3.8, 4) is 0 Å². The number of hydrogen-bond donors (Lipinski definition) is 2. The quantitative estimate of drug-likeness (QED) is 0.565. The molecule has 3 N–H and O–H groups in total. The molecule has 10 heavy (non-hydrogen) atoms. The van der Waals surface area contributed by atoms with Crippen molar-refractivity contribution in [1.82, 2.24) is 5.32 Å². The summed E-state index contributed by atoms with van der Waals surface area (Å²) in [6.45, 7) is 1.05. The van der Waals surface area contributed by atoms with Gasteiger partial charge in [0.2, 0.25) is 0 Å². The van der Waals surface area contributed by atoms with Crippen LogP contribution in [0.2, 0.25) is 0 Å². The highest BCUT2D eigenvalue weighted by atomic mass is 19.3. The lowest BCUT2D eigenvalue weighted by atomic mass is 9.92. The third-order valence-electron chi connectivity index (χ3n) is 1.88. The van der Waals surface area contributed by atoms with E-state index in [-0.39, 0.29) is 6.54 Å². The Balaban J connectivity index is 2.48. The molecule has 1 heterocycles. The number of halogens is 2. The topological polar surface area (TPSA) is 38.0 Å². The Morgan fingerprint density at radius 1 is 1.50 bits per heavy atom. The van der Waals surface area contributed by atoms with Gasteiger partial charge in [0.25, 0.3) is 6.43 Å². The molecule has 0 aromatic carbocycles. The Labute approximate surface area is 58.8 Å². The van der Waals surface area contributed by atoms with Gasteiger partial charge in [0.15, 0.2) is 0 Å². The number of hydrogen-bond acceptors (Lipinski definition) is 2. The van der Waals surface area contributed by atoms with Crippen molar-refractivity contribution in [3.05, 3.63) is 0 Å². The third kappa shape index (κ3) is 1.44. The van der Waals surface area contributed by atoms with Gasteiger partial charge in [-0.25, -0.2) is 8.78 Å². The van der Waals surface area contributed by atoms with Crippen molar-refractivity contribution < 1.29 is 8.78 Å². The van der Waals surface area contributed by atoms with Crippen LogP contribution in [0.4, 0.5) is 8.78 Å². The maximum Gasteiger partial charge on any atom is 0.257 e. The SMILES string of the molecule is NC1(C(F)F)CCCNC1. The average molecular weight is 150 g/mol. The largest absolute Gasteiger partial charge is 0.319 e. The smallest absolute Gasteiger partial charge is 0.257 e. The first kappa shape index (κ1) is 7.88. The summed E-state index contributed by atoms with van der Waals surface area (Å²) in [5, 5.41) is 2.85. The first-order valence-corrected chi connectivity index (χ1v) is 3.43. The van der Waals surface area contributed by atoms with E-state index in [1.54, 1.807) is 0 Å². The number of alkyl halides is 2. The Hall–Kier alpha value is -0.220. The standard InChI is InChI=1S/C6H12F2N2/c7-5(8)6(9)2-1-3-10-4-6/h5,10H,1-4,9H2. The fourth-order valence-corrected chi connectivity index (χ4v) is 1.14. The van der Waals surface area contributed by atoms with Gasteiger partial charge in [-0.15, -0.1) is 0 Å². The van der Waals surface area contributed by atoms with Crippen LogP contribution in [-0.4, -0.2) is 25.1 Å². The van der Waals surface area contributed by atoms with Crippen molar-refractivity contribution in [2.45, 2.75) is 24.8 Å². The van der Waals surface area contributed by atoms with Gasteiger partial charge in [0, 0.05) is 6.54 Å². The zero-order valence-corrected chi connectivity index (χ0v) is 5.74. The predicted octanol–water partition coefficient (Wildman–Crippen LogP) is 0.332. The van der Waals surface area contributed by atoms with Gasteiger partial charge in [0.1, 0.15) is 0 Å². The molecule has 2 nitrogen and oxygen atoms in total. The van der Waals surface area contributed by atoms with Gasteiger partial charge < -0.3 is 11.1 Å². The van der Waals surface area contributed by atoms with Gasteiger partial charge in [0.05, 0.1) is 5.54 Å². The van der Waals surface area contributed by atoms with Crippen molar-refractivity contribution in [2.75, 3.05) is 13.1 Å². The number of nitrogens with two attached hydrogens (primary N) is 1. The van der Waals surface area contributed by atoms with Crippen molar-refractivity contribution in [2.24, 2.45) is 5.73 Å². The summed E-state index contributed by atoms with van der Waals surface area (Å²) in [4.78, 5) is 0. The van der Waals surface area contributed by atoms with Crippen LogP contribution in [0, 0.1) is 0 Å². The number of piperidine rings is 1. The van der Waals surface area contributed by atoms with Gasteiger partial charge in [-0.2, -0.15) is 0 Å². The zero-order chi connectivity index (χ0) is 7.61. The molecular weight excluding hydrogens is 138 g/mol. The molecule has 0 aromatic rings. The minimum absolute atomic E-state index is 0.241. The summed E-state index contributed by atoms with van der Waals surface area (Å²) in [5.41, 5.74) is 4.12. The molecule has 0 saturated carbocycles. The van der Waals surface area contributed by atoms with Crippen LogP contribution >= 0.6 is 0 Å². The van der Waals surface area contributed by atoms with E-state index in [1.807, 2.05) is 0 Å². The van der Waals surface area contributed by atoms with E-state index in [2.05, 4.69) is 5.32 Å². The van der Waals surface area contributed by atoms with Crippen molar-refractivity contribution in [3.63, 3.8) is 0 Å². The molecular formula is C6H12F2N2. The lowest BCUT2D eigenvalue weighted by Gasteiger charge is -2.32. The van der Waals surface area contributed by atoms with E-state index >= 15 is 0 Å². The van der Waals surface area contributed by atoms with Crippen LogP contribution in [0.15, 0.2) is 0 Å². The minimum atomic E-state index is -2.40. The third-order valence-corrected chi connectivity index (χ3v) is 1.88. The van der Waals surface area contributed by atoms with Crippen LogP contribution in [0.3, 0.4) is 0 Å². The fourth-order valence-electron chi connectivity index (χ4n) is 1.14. The summed E-state index contributed by atoms with van der Waals surface area (Å²) in [5.74, 6) is 0. The fraction of sp³-hybridized carbons (Fsp3) is 1.00. The van der Waals surface area contributed by atoms with Gasteiger partial charge >= 0.3 is 0 Å². The van der Waals surface area contributed by atoms with E-state index in [0.29, 0.717) is 6.42 Å². The van der Waals surface area contributed by atoms with Gasteiger partial charge in [-0.05, 0) is 19.4 Å². The average Bonchev–Trinajstić information content (AvgIpc) is 1.89. The maximum absolute atomic E-state index is 12.1. The molecule has 1 unspecified atom stereocenters. The van der Waals surface area contributed by atoms with E-state index < -0.39 is 12.0 Å². The molecule has 60 valence electrons. The van der Waals surface area contributed by atoms with Crippen LogP contribution in [0.25, 0.3) is 0 Å². The zero-order valence-electron chi connectivity index (χ0n) is 5.74. The highest BCUT2D eigenvalue weighted by Crippen LogP contribution is 2.20. The lowest BCUT2D eigenvalue weighted by Crippen LogP contribution is -2.57. The maximum atomic E-state index is 12.1. The Morgan fingerprint density at radius 3 is 2.50 bits per heavy atom. The molecule has 1 aliphatic rings. The molecule has 1 fully saturated rings. The number of nitrogens with one attached hydrogen (secondary N) is 1. The predicted molar refractivity (Wildman–Crippen MR) is 35.0 cm³/mol. The van der Waals surface area contributed by atoms with Crippen LogP contribution in [-0.2, 0) is 0 Å². The molecule has 0 radical (unpaired) electrons. The highest BCUT2D eigenvalue weighted by Gasteiger charge is 2.36. The first-order chi connectivity index (χ1) is 4.65. The molecule has 0 amide bonds. The van der Waals surface area contributed by atoms with Crippen LogP contribution in [0.1, 0.15) is 12.8 Å². The van der Waals surface area contributed by atoms with Crippen molar-refractivity contribution >= 4 is 0 Å². The molecule has 1 saturated heterocycles. The summed E-state index contributed by atoms with van der Waals surface area (Å²) < 4.78 is 24.3. The normalized spacial score (nSPS) is 34.8. The Bertz CT molecular complexity index is 110. The summed E-state index contributed by atoms with van der Waals surface area (Å²) in [7, 11) is 0. The molecule has 1 rings (SSSR count). The Morgan fingerprint density at radius 2 is 2.20 bits per heavy atom. The van der Waals surface area contributed by atoms with E-state index in [0.717, 1.165) is 13.0 Å². The molecule has 1 atom stereocenters. The second kappa shape index (κ2) is 2.80. The van der Waals surface area contributed by atoms with E-state index in [4.69, 9.17) is 5.73 Å². The highest BCUT2D eigenvalue weighted by molar-refractivity contribution is 4.92. The second-order valence-corrected chi connectivity index (χ2v) is 2.81. The minimum Gasteiger partial charge on any atom is -0.319 e. The molecule has 0 spiro atoms. The second-order valence-electron chi connectivity index (χ2n) is 2.81. The van der Waals surface area contributed by atoms with Gasteiger partial charge in [-0.3, -0.25) is 0 Å². The Kier molecular flexibility index (Phi) is 2.21. The van der Waals surface area contributed by atoms with Gasteiger partial charge in [-0.1, -0.05) is 0 Å². The van der Waals surface area contributed by atoms with E-state index in [9.17, 15) is 8.78 Å². The summed E-state index contributed by atoms with van der Waals surface area (Å²) in [6.07, 6.45) is -1.22. The van der Waals surface area contributed by atoms with Crippen molar-refractivity contribution in [1.29, 1.82) is 0 Å². The first-order valence-electron chi connectivity index (χ1n) is 3.43. The molecule has 0 bridgehead atoms. The molecule has 4 heteroatoms. The summed E-state index contributed by atoms with van der Waals surface area (Å²) >= 11 is 0. The lowest BCUT2D eigenvalue weighted by molar-refractivity contribution is 0.0391. The molecule has 0 aromatic heterocycles. The number of rotatable bonds is 1.